The number of hydrazone groups is 1. The van der Waals surface area contributed by atoms with Crippen molar-refractivity contribution in [1.29, 1.82) is 0 Å². The van der Waals surface area contributed by atoms with E-state index >= 15 is 0 Å². The van der Waals surface area contributed by atoms with Crippen LogP contribution in [0.1, 0.15) is 58.2 Å². The topological polar surface area (TPSA) is 81.5 Å². The summed E-state index contributed by atoms with van der Waals surface area (Å²) in [6.07, 6.45) is 1.53. The molecule has 9 heteroatoms. The van der Waals surface area contributed by atoms with Crippen LogP contribution < -0.4 is 23.7 Å². The van der Waals surface area contributed by atoms with Crippen LogP contribution >= 0.6 is 6.64 Å². The lowest BCUT2D eigenvalue weighted by atomic mass is 9.87. The van der Waals surface area contributed by atoms with Crippen molar-refractivity contribution in [2.45, 2.75) is 52.4 Å². The van der Waals surface area contributed by atoms with Crippen molar-refractivity contribution >= 4 is 24.7 Å². The molecule has 0 radical (unpaired) electrons. The van der Waals surface area contributed by atoms with E-state index in [1.165, 1.54) is 31.6 Å². The van der Waals surface area contributed by atoms with Gasteiger partial charge >= 0.3 is 6.64 Å². The van der Waals surface area contributed by atoms with E-state index in [0.717, 1.165) is 0 Å². The average Bonchev–Trinajstić information content (AvgIpc) is 2.84. The normalized spacial score (nSPS) is 12.3. The molecule has 0 aliphatic rings. The Kier molecular flexibility index (Phi) is 9.01. The molecule has 7 nitrogen and oxygen atoms in total. The molecular formula is C29H37N2O5PS. The molecule has 204 valence electrons. The van der Waals surface area contributed by atoms with Crippen LogP contribution in [-0.2, 0) is 22.6 Å². The summed E-state index contributed by atoms with van der Waals surface area (Å²) < 4.78 is 22.9. The Morgan fingerprint density at radius 1 is 0.763 bits per heavy atom. The van der Waals surface area contributed by atoms with Crippen molar-refractivity contribution in [2.75, 3.05) is 14.2 Å². The van der Waals surface area contributed by atoms with Crippen LogP contribution in [0.2, 0.25) is 0 Å². The Bertz CT molecular complexity index is 1220. The zero-order chi connectivity index (χ0) is 28.1. The number of nitrogens with zero attached hydrogens (tertiary/aromatic N) is 1. The Morgan fingerprint density at radius 3 is 1.50 bits per heavy atom. The van der Waals surface area contributed by atoms with Gasteiger partial charge < -0.3 is 23.6 Å². The number of hydrogen-bond acceptors (Lipinski definition) is 7. The smallest absolute Gasteiger partial charge is 0.408 e. The Balaban J connectivity index is 1.89. The number of benzene rings is 3. The van der Waals surface area contributed by atoms with E-state index in [2.05, 4.69) is 51.8 Å². The number of nitrogens with one attached hydrogen (secondary N) is 1. The molecule has 0 spiro atoms. The van der Waals surface area contributed by atoms with Gasteiger partial charge in [0.2, 0.25) is 5.75 Å². The highest BCUT2D eigenvalue weighted by Gasteiger charge is 2.24. The summed E-state index contributed by atoms with van der Waals surface area (Å²) in [4.78, 5) is 0. The number of rotatable bonds is 9. The van der Waals surface area contributed by atoms with Gasteiger partial charge in [0.15, 0.2) is 11.5 Å². The number of aromatic hydroxyl groups is 1. The lowest BCUT2D eigenvalue weighted by Gasteiger charge is -2.24. The summed E-state index contributed by atoms with van der Waals surface area (Å²) in [6, 6.07) is 18.9. The van der Waals surface area contributed by atoms with Gasteiger partial charge in [-0.1, -0.05) is 65.8 Å². The highest BCUT2D eigenvalue weighted by atomic mass is 32.5. The van der Waals surface area contributed by atoms with Crippen molar-refractivity contribution in [1.82, 2.24) is 5.20 Å². The molecule has 38 heavy (non-hydrogen) atoms. The maximum Gasteiger partial charge on any atom is 0.408 e. The van der Waals surface area contributed by atoms with E-state index in [-0.39, 0.29) is 28.1 Å². The van der Waals surface area contributed by atoms with E-state index in [4.69, 9.17) is 30.3 Å². The molecule has 0 unspecified atom stereocenters. The van der Waals surface area contributed by atoms with Gasteiger partial charge in [0.25, 0.3) is 0 Å². The van der Waals surface area contributed by atoms with Crippen LogP contribution in [-0.4, -0.2) is 25.5 Å². The minimum atomic E-state index is -3.19. The minimum absolute atomic E-state index is 0.0127. The Morgan fingerprint density at radius 2 is 1.16 bits per heavy atom. The second-order valence-corrected chi connectivity index (χ2v) is 13.9. The summed E-state index contributed by atoms with van der Waals surface area (Å²) in [5.41, 5.74) is 3.00. The highest BCUT2D eigenvalue weighted by Crippen LogP contribution is 2.46. The van der Waals surface area contributed by atoms with Gasteiger partial charge in [0.05, 0.1) is 20.4 Å². The maximum atomic E-state index is 10.2. The van der Waals surface area contributed by atoms with Gasteiger partial charge in [-0.15, -0.1) is 0 Å². The Hall–Kier alpha value is -3.22. The highest BCUT2D eigenvalue weighted by molar-refractivity contribution is 8.09. The molecule has 0 heterocycles. The third-order valence-corrected chi connectivity index (χ3v) is 7.74. The van der Waals surface area contributed by atoms with E-state index < -0.39 is 6.64 Å². The SMILES string of the molecule is COc1cc(/C=N/NP(=S)(Oc2ccc(C(C)(C)C)cc2)Oc2ccc(C(C)(C)C)cc2)cc(OC)c1O. The molecule has 0 aliphatic carbocycles. The molecule has 0 amide bonds. The maximum absolute atomic E-state index is 10.2. The molecule has 3 aromatic rings. The molecular weight excluding hydrogens is 519 g/mol. The van der Waals surface area contributed by atoms with Gasteiger partial charge in [-0.3, -0.25) is 0 Å². The summed E-state index contributed by atoms with van der Waals surface area (Å²) in [7, 11) is 2.93. The van der Waals surface area contributed by atoms with Crippen molar-refractivity contribution in [3.63, 3.8) is 0 Å². The average molecular weight is 557 g/mol. The number of methoxy groups -OCH3 is 2. The second kappa shape index (κ2) is 11.7. The summed E-state index contributed by atoms with van der Waals surface area (Å²) >= 11 is 5.86. The first-order valence-corrected chi connectivity index (χ1v) is 14.8. The molecule has 0 saturated heterocycles. The fourth-order valence-corrected chi connectivity index (χ4v) is 5.31. The molecule has 2 N–H and O–H groups in total. The van der Waals surface area contributed by atoms with Gasteiger partial charge in [-0.05, 0) is 58.4 Å². The predicted octanol–water partition coefficient (Wildman–Crippen LogP) is 7.31. The molecule has 0 bridgehead atoms. The van der Waals surface area contributed by atoms with Crippen molar-refractivity contribution in [3.05, 3.63) is 77.4 Å². The summed E-state index contributed by atoms with van der Waals surface area (Å²) in [5.74, 6) is 1.58. The van der Waals surface area contributed by atoms with E-state index in [9.17, 15) is 5.11 Å². The molecule has 0 aromatic heterocycles. The zero-order valence-electron chi connectivity index (χ0n) is 23.2. The fraction of sp³-hybridized carbons (Fsp3) is 0.345. The lowest BCUT2D eigenvalue weighted by molar-refractivity contribution is 0.340. The third-order valence-electron chi connectivity index (χ3n) is 5.79. The molecule has 0 atom stereocenters. The van der Waals surface area contributed by atoms with Gasteiger partial charge in [0.1, 0.15) is 11.5 Å². The zero-order valence-corrected chi connectivity index (χ0v) is 24.9. The van der Waals surface area contributed by atoms with Gasteiger partial charge in [-0.25, -0.2) is 5.20 Å². The van der Waals surface area contributed by atoms with Crippen molar-refractivity contribution in [3.8, 4) is 28.7 Å². The first-order chi connectivity index (χ1) is 17.7. The van der Waals surface area contributed by atoms with E-state index in [0.29, 0.717) is 17.1 Å². The molecule has 0 aliphatic heterocycles. The van der Waals surface area contributed by atoms with Crippen LogP contribution in [0.3, 0.4) is 0 Å². The van der Waals surface area contributed by atoms with E-state index in [1.54, 1.807) is 12.1 Å². The van der Waals surface area contributed by atoms with Crippen molar-refractivity contribution < 1.29 is 23.6 Å². The van der Waals surface area contributed by atoms with Crippen LogP contribution in [0.4, 0.5) is 0 Å². The van der Waals surface area contributed by atoms with Crippen LogP contribution in [0, 0.1) is 0 Å². The lowest BCUT2D eigenvalue weighted by Crippen LogP contribution is -2.15. The van der Waals surface area contributed by atoms with Crippen LogP contribution in [0.5, 0.6) is 28.7 Å². The fourth-order valence-electron chi connectivity index (χ4n) is 3.53. The molecule has 3 rings (SSSR count). The molecule has 0 fully saturated rings. The van der Waals surface area contributed by atoms with E-state index in [1.807, 2.05) is 48.5 Å². The monoisotopic (exact) mass is 556 g/mol. The standard InChI is InChI=1S/C29H37N2O5PS/c1-28(2,3)21-9-13-23(14-10-21)35-37(38,36-24-15-11-22(12-16-24)29(4,5)6)31-30-19-20-17-25(33-7)27(32)26(18-20)34-8/h9-19,32H,1-8H3,(H,31,38)/b30-19+. The van der Waals surface area contributed by atoms with Crippen LogP contribution in [0.15, 0.2) is 65.8 Å². The molecule has 3 aromatic carbocycles. The minimum Gasteiger partial charge on any atom is -0.502 e. The first-order valence-electron chi connectivity index (χ1n) is 12.2. The quantitative estimate of drug-likeness (QED) is 0.162. The number of phenols is 1. The van der Waals surface area contributed by atoms with Crippen molar-refractivity contribution in [2.24, 2.45) is 5.10 Å². The number of ether oxygens (including phenoxy) is 2. The third kappa shape index (κ3) is 7.65. The largest absolute Gasteiger partial charge is 0.502 e. The predicted molar refractivity (Wildman–Crippen MR) is 158 cm³/mol. The Labute approximate surface area is 231 Å². The van der Waals surface area contributed by atoms with Gasteiger partial charge in [-0.2, -0.15) is 5.10 Å². The second-order valence-electron chi connectivity index (χ2n) is 10.9. The van der Waals surface area contributed by atoms with Gasteiger partial charge in [0, 0.05) is 17.4 Å². The first kappa shape index (κ1) is 29.3. The van der Waals surface area contributed by atoms with Crippen LogP contribution in [0.25, 0.3) is 0 Å². The summed E-state index contributed by atoms with van der Waals surface area (Å²) in [6.45, 7) is 9.74. The number of phenolic OH excluding ortho intramolecular Hbond substituents is 1. The summed E-state index contributed by atoms with van der Waals surface area (Å²) in [5, 5.41) is 17.4. The number of hydrogen-bond donors (Lipinski definition) is 2. The molecule has 0 saturated carbocycles.